The summed E-state index contributed by atoms with van der Waals surface area (Å²) < 4.78 is 2.11. The van der Waals surface area contributed by atoms with Crippen molar-refractivity contribution in [1.29, 1.82) is 0 Å². The number of benzene rings is 2. The molecule has 4 rings (SSSR count). The van der Waals surface area contributed by atoms with Gasteiger partial charge in [0, 0.05) is 18.7 Å². The molecule has 0 unspecified atom stereocenters. The summed E-state index contributed by atoms with van der Waals surface area (Å²) in [5.74, 6) is 0.803. The Morgan fingerprint density at radius 2 is 1.96 bits per heavy atom. The number of aryl methyl sites for hydroxylation is 1. The maximum absolute atomic E-state index is 12.5. The van der Waals surface area contributed by atoms with E-state index in [0.717, 1.165) is 27.4 Å². The molecule has 0 aliphatic rings. The number of amides is 1. The molecule has 27 heavy (non-hydrogen) atoms. The van der Waals surface area contributed by atoms with E-state index >= 15 is 0 Å². The number of hydrogen-bond acceptors (Lipinski definition) is 4. The van der Waals surface area contributed by atoms with Crippen molar-refractivity contribution in [2.45, 2.75) is 13.5 Å². The smallest absolute Gasteiger partial charge is 0.263 e. The molecular formula is C20H17ClN4OS. The number of nitrogens with zero attached hydrogens (tertiary/aromatic N) is 3. The van der Waals surface area contributed by atoms with Crippen molar-refractivity contribution in [3.63, 3.8) is 0 Å². The third kappa shape index (κ3) is 3.59. The molecule has 0 atom stereocenters. The Morgan fingerprint density at radius 1 is 1.19 bits per heavy atom. The Morgan fingerprint density at radius 3 is 2.81 bits per heavy atom. The van der Waals surface area contributed by atoms with Gasteiger partial charge >= 0.3 is 0 Å². The molecule has 0 fully saturated rings. The van der Waals surface area contributed by atoms with E-state index in [0.29, 0.717) is 23.0 Å². The topological polar surface area (TPSA) is 59.8 Å². The minimum absolute atomic E-state index is 0.132. The van der Waals surface area contributed by atoms with Crippen molar-refractivity contribution in [3.8, 4) is 10.6 Å². The van der Waals surface area contributed by atoms with Crippen molar-refractivity contribution >= 4 is 39.9 Å². The fourth-order valence-corrected chi connectivity index (χ4v) is 4.14. The van der Waals surface area contributed by atoms with Crippen molar-refractivity contribution in [2.24, 2.45) is 0 Å². The highest BCUT2D eigenvalue weighted by Crippen LogP contribution is 2.30. The summed E-state index contributed by atoms with van der Waals surface area (Å²) in [5.41, 5.74) is 2.87. The van der Waals surface area contributed by atoms with Crippen molar-refractivity contribution in [3.05, 3.63) is 70.5 Å². The molecule has 0 aliphatic carbocycles. The number of hydrogen-bond donors (Lipinski definition) is 1. The van der Waals surface area contributed by atoms with Crippen molar-refractivity contribution in [1.82, 2.24) is 19.9 Å². The molecule has 5 nitrogen and oxygen atoms in total. The molecule has 2 heterocycles. The van der Waals surface area contributed by atoms with Crippen LogP contribution < -0.4 is 5.32 Å². The molecule has 0 bridgehead atoms. The molecule has 0 saturated carbocycles. The number of imidazole rings is 1. The third-order valence-corrected chi connectivity index (χ3v) is 5.66. The second-order valence-electron chi connectivity index (χ2n) is 6.06. The van der Waals surface area contributed by atoms with Gasteiger partial charge in [0.05, 0.1) is 22.3 Å². The maximum atomic E-state index is 12.5. The van der Waals surface area contributed by atoms with Crippen LogP contribution in [0.15, 0.2) is 54.7 Å². The molecule has 2 aromatic carbocycles. The van der Waals surface area contributed by atoms with E-state index in [1.807, 2.05) is 55.5 Å². The molecule has 0 spiro atoms. The first-order chi connectivity index (χ1) is 13.1. The molecule has 1 amide bonds. The standard InChI is InChI=1S/C20H17ClN4OS/c1-13-24-16-8-4-5-9-17(16)25(13)11-10-22-19(26)18-12-23-20(27-18)14-6-2-3-7-15(14)21/h2-9,12H,10-11H2,1H3,(H,22,26). The Bertz CT molecular complexity index is 1120. The van der Waals surface area contributed by atoms with Crippen LogP contribution in [0.3, 0.4) is 0 Å². The highest BCUT2D eigenvalue weighted by molar-refractivity contribution is 7.17. The Kier molecular flexibility index (Phi) is 4.92. The number of fused-ring (bicyclic) bond motifs is 1. The molecule has 0 aliphatic heterocycles. The molecule has 0 saturated heterocycles. The average molecular weight is 397 g/mol. The molecule has 4 aromatic rings. The maximum Gasteiger partial charge on any atom is 0.263 e. The van der Waals surface area contributed by atoms with E-state index in [1.54, 1.807) is 6.20 Å². The summed E-state index contributed by atoms with van der Waals surface area (Å²) >= 11 is 7.54. The van der Waals surface area contributed by atoms with Crippen LogP contribution in [0.2, 0.25) is 5.02 Å². The van der Waals surface area contributed by atoms with Gasteiger partial charge in [-0.05, 0) is 25.1 Å². The van der Waals surface area contributed by atoms with E-state index < -0.39 is 0 Å². The average Bonchev–Trinajstić information content (AvgIpc) is 3.27. The first kappa shape index (κ1) is 17.7. The Hall–Kier alpha value is -2.70. The van der Waals surface area contributed by atoms with Gasteiger partial charge in [-0.2, -0.15) is 0 Å². The minimum Gasteiger partial charge on any atom is -0.349 e. The fourth-order valence-electron chi connectivity index (χ4n) is 2.98. The zero-order chi connectivity index (χ0) is 18.8. The van der Waals surface area contributed by atoms with Gasteiger partial charge in [0.1, 0.15) is 15.7 Å². The number of carbonyl (C=O) groups is 1. The summed E-state index contributed by atoms with van der Waals surface area (Å²) in [6.07, 6.45) is 1.59. The number of halogens is 1. The normalized spacial score (nSPS) is 11.0. The first-order valence-corrected chi connectivity index (χ1v) is 9.74. The number of thiazole rings is 1. The Balaban J connectivity index is 1.43. The van der Waals surface area contributed by atoms with Crippen LogP contribution in [-0.4, -0.2) is 27.0 Å². The van der Waals surface area contributed by atoms with Gasteiger partial charge in [0.25, 0.3) is 5.91 Å². The monoisotopic (exact) mass is 396 g/mol. The summed E-state index contributed by atoms with van der Waals surface area (Å²) in [4.78, 5) is 21.9. The SMILES string of the molecule is Cc1nc2ccccc2n1CCNC(=O)c1cnc(-c2ccccc2Cl)s1. The van der Waals surface area contributed by atoms with Gasteiger partial charge in [-0.3, -0.25) is 4.79 Å². The zero-order valence-electron chi connectivity index (χ0n) is 14.6. The summed E-state index contributed by atoms with van der Waals surface area (Å²) in [6.45, 7) is 3.15. The predicted molar refractivity (Wildman–Crippen MR) is 109 cm³/mol. The summed E-state index contributed by atoms with van der Waals surface area (Å²) in [6, 6.07) is 15.5. The zero-order valence-corrected chi connectivity index (χ0v) is 16.2. The molecular weight excluding hydrogens is 380 g/mol. The van der Waals surface area contributed by atoms with Crippen LogP contribution in [0.1, 0.15) is 15.5 Å². The number of aromatic nitrogens is 3. The second kappa shape index (κ2) is 7.50. The molecule has 2 aromatic heterocycles. The first-order valence-electron chi connectivity index (χ1n) is 8.54. The van der Waals surface area contributed by atoms with Gasteiger partial charge in [-0.1, -0.05) is 41.9 Å². The van der Waals surface area contributed by atoms with E-state index in [1.165, 1.54) is 11.3 Å². The van der Waals surface area contributed by atoms with Crippen LogP contribution in [0, 0.1) is 6.92 Å². The number of para-hydroxylation sites is 2. The van der Waals surface area contributed by atoms with Crippen molar-refractivity contribution in [2.75, 3.05) is 6.54 Å². The number of rotatable bonds is 5. The van der Waals surface area contributed by atoms with Crippen LogP contribution >= 0.6 is 22.9 Å². The largest absolute Gasteiger partial charge is 0.349 e. The van der Waals surface area contributed by atoms with Gasteiger partial charge in [-0.25, -0.2) is 9.97 Å². The van der Waals surface area contributed by atoms with Gasteiger partial charge in [-0.15, -0.1) is 11.3 Å². The van der Waals surface area contributed by atoms with E-state index in [4.69, 9.17) is 11.6 Å². The van der Waals surface area contributed by atoms with Crippen molar-refractivity contribution < 1.29 is 4.79 Å². The highest BCUT2D eigenvalue weighted by Gasteiger charge is 2.13. The van der Waals surface area contributed by atoms with Crippen LogP contribution in [0.4, 0.5) is 0 Å². The van der Waals surface area contributed by atoms with Crippen LogP contribution in [0.5, 0.6) is 0 Å². The Labute approximate surface area is 165 Å². The lowest BCUT2D eigenvalue weighted by Crippen LogP contribution is -2.26. The van der Waals surface area contributed by atoms with Gasteiger partial charge in [0.15, 0.2) is 0 Å². The lowest BCUT2D eigenvalue weighted by Gasteiger charge is -2.07. The highest BCUT2D eigenvalue weighted by atomic mass is 35.5. The molecule has 0 radical (unpaired) electrons. The van der Waals surface area contributed by atoms with Crippen LogP contribution in [0.25, 0.3) is 21.6 Å². The lowest BCUT2D eigenvalue weighted by molar-refractivity contribution is 0.0956. The van der Waals surface area contributed by atoms with Crippen LogP contribution in [-0.2, 0) is 6.54 Å². The second-order valence-corrected chi connectivity index (χ2v) is 7.50. The van der Waals surface area contributed by atoms with E-state index in [9.17, 15) is 4.79 Å². The van der Waals surface area contributed by atoms with Gasteiger partial charge < -0.3 is 9.88 Å². The third-order valence-electron chi connectivity index (χ3n) is 4.30. The number of nitrogens with one attached hydrogen (secondary N) is 1. The molecule has 7 heteroatoms. The molecule has 136 valence electrons. The summed E-state index contributed by atoms with van der Waals surface area (Å²) in [5, 5.41) is 4.32. The number of carbonyl (C=O) groups excluding carboxylic acids is 1. The lowest BCUT2D eigenvalue weighted by atomic mass is 10.2. The molecule has 1 N–H and O–H groups in total. The fraction of sp³-hybridized carbons (Fsp3) is 0.150. The predicted octanol–water partition coefficient (Wildman–Crippen LogP) is 4.55. The van der Waals surface area contributed by atoms with E-state index in [2.05, 4.69) is 19.9 Å². The summed E-state index contributed by atoms with van der Waals surface area (Å²) in [7, 11) is 0. The quantitative estimate of drug-likeness (QED) is 0.538. The van der Waals surface area contributed by atoms with E-state index in [-0.39, 0.29) is 5.91 Å². The van der Waals surface area contributed by atoms with Gasteiger partial charge in [0.2, 0.25) is 0 Å². The minimum atomic E-state index is -0.132.